The van der Waals surface area contributed by atoms with Gasteiger partial charge >= 0.3 is 5.97 Å². The van der Waals surface area contributed by atoms with Crippen molar-refractivity contribution in [2.24, 2.45) is 0 Å². The average molecular weight is 315 g/mol. The molecule has 0 unspecified atom stereocenters. The Kier molecular flexibility index (Phi) is 5.39. The summed E-state index contributed by atoms with van der Waals surface area (Å²) in [6.07, 6.45) is 4.29. The van der Waals surface area contributed by atoms with E-state index in [2.05, 4.69) is 6.58 Å². The van der Waals surface area contributed by atoms with Crippen LogP contribution in [0.15, 0.2) is 55.1 Å². The number of aliphatic carboxylic acids is 1. The largest absolute Gasteiger partial charge is 0.489 e. The topological polar surface area (TPSA) is 46.5 Å². The average Bonchev–Trinajstić information content (AvgIpc) is 2.52. The molecule has 2 aromatic rings. The fourth-order valence-corrected chi connectivity index (χ4v) is 2.01. The third-order valence-electron chi connectivity index (χ3n) is 3.00. The highest BCUT2D eigenvalue weighted by Gasteiger charge is 2.02. The van der Waals surface area contributed by atoms with Crippen LogP contribution in [0.3, 0.4) is 0 Å². The van der Waals surface area contributed by atoms with Crippen molar-refractivity contribution in [3.8, 4) is 5.75 Å². The van der Waals surface area contributed by atoms with E-state index in [4.69, 9.17) is 21.4 Å². The molecule has 2 aromatic carbocycles. The van der Waals surface area contributed by atoms with Crippen LogP contribution >= 0.6 is 11.6 Å². The van der Waals surface area contributed by atoms with Gasteiger partial charge in [-0.15, -0.1) is 0 Å². The SMILES string of the molecule is C=Cc1cc(OCc2ccc(Cl)cc2)ccc1/C=C/C(=O)O. The lowest BCUT2D eigenvalue weighted by molar-refractivity contribution is -0.131. The molecule has 0 aliphatic rings. The monoisotopic (exact) mass is 314 g/mol. The summed E-state index contributed by atoms with van der Waals surface area (Å²) < 4.78 is 5.72. The Morgan fingerprint density at radius 1 is 1.18 bits per heavy atom. The molecule has 0 aromatic heterocycles. The molecule has 22 heavy (non-hydrogen) atoms. The van der Waals surface area contributed by atoms with Gasteiger partial charge in [0.1, 0.15) is 12.4 Å². The van der Waals surface area contributed by atoms with Crippen molar-refractivity contribution in [3.63, 3.8) is 0 Å². The molecule has 112 valence electrons. The van der Waals surface area contributed by atoms with E-state index in [-0.39, 0.29) is 0 Å². The molecule has 0 bridgehead atoms. The van der Waals surface area contributed by atoms with E-state index < -0.39 is 5.97 Å². The van der Waals surface area contributed by atoms with E-state index >= 15 is 0 Å². The second kappa shape index (κ2) is 7.48. The van der Waals surface area contributed by atoms with Gasteiger partial charge in [0, 0.05) is 11.1 Å². The predicted octanol–water partition coefficient (Wildman–Crippen LogP) is 4.66. The summed E-state index contributed by atoms with van der Waals surface area (Å²) in [5.41, 5.74) is 2.60. The Balaban J connectivity index is 2.10. The maximum atomic E-state index is 10.6. The first-order valence-corrected chi connectivity index (χ1v) is 7.01. The van der Waals surface area contributed by atoms with Gasteiger partial charge < -0.3 is 9.84 Å². The van der Waals surface area contributed by atoms with Crippen molar-refractivity contribution in [3.05, 3.63) is 76.8 Å². The van der Waals surface area contributed by atoms with Gasteiger partial charge in [-0.3, -0.25) is 0 Å². The fraction of sp³-hybridized carbons (Fsp3) is 0.0556. The maximum absolute atomic E-state index is 10.6. The van der Waals surface area contributed by atoms with E-state index in [1.54, 1.807) is 18.2 Å². The van der Waals surface area contributed by atoms with E-state index in [0.29, 0.717) is 17.4 Å². The molecule has 0 aliphatic heterocycles. The number of carboxylic acid groups (broad SMARTS) is 1. The van der Waals surface area contributed by atoms with Crippen LogP contribution in [0, 0.1) is 0 Å². The van der Waals surface area contributed by atoms with Gasteiger partial charge in [-0.05, 0) is 47.0 Å². The number of rotatable bonds is 6. The van der Waals surface area contributed by atoms with Gasteiger partial charge in [-0.25, -0.2) is 4.79 Å². The van der Waals surface area contributed by atoms with E-state index in [1.165, 1.54) is 6.08 Å². The van der Waals surface area contributed by atoms with Crippen LogP contribution in [0.4, 0.5) is 0 Å². The van der Waals surface area contributed by atoms with Crippen molar-refractivity contribution in [2.75, 3.05) is 0 Å². The van der Waals surface area contributed by atoms with Crippen LogP contribution in [0.5, 0.6) is 5.75 Å². The van der Waals surface area contributed by atoms with Crippen molar-refractivity contribution in [1.82, 2.24) is 0 Å². The lowest BCUT2D eigenvalue weighted by Gasteiger charge is -2.09. The van der Waals surface area contributed by atoms with Gasteiger partial charge in [0.15, 0.2) is 0 Å². The number of halogens is 1. The van der Waals surface area contributed by atoms with Crippen LogP contribution in [-0.2, 0) is 11.4 Å². The summed E-state index contributed by atoms with van der Waals surface area (Å²) in [5.74, 6) is -0.296. The molecule has 0 radical (unpaired) electrons. The first kappa shape index (κ1) is 15.9. The minimum atomic E-state index is -0.988. The molecular formula is C18H15ClO3. The molecule has 0 heterocycles. The van der Waals surface area contributed by atoms with Crippen molar-refractivity contribution >= 4 is 29.7 Å². The first-order chi connectivity index (χ1) is 10.6. The zero-order valence-electron chi connectivity index (χ0n) is 11.8. The summed E-state index contributed by atoms with van der Waals surface area (Å²) in [6.45, 7) is 4.16. The van der Waals surface area contributed by atoms with Crippen molar-refractivity contribution < 1.29 is 14.6 Å². The Bertz CT molecular complexity index is 703. The normalized spacial score (nSPS) is 10.6. The maximum Gasteiger partial charge on any atom is 0.328 e. The third kappa shape index (κ3) is 4.50. The minimum Gasteiger partial charge on any atom is -0.489 e. The number of benzene rings is 2. The molecule has 0 saturated carbocycles. The summed E-state index contributed by atoms with van der Waals surface area (Å²) in [5, 5.41) is 9.36. The Labute approximate surface area is 134 Å². The fourth-order valence-electron chi connectivity index (χ4n) is 1.88. The second-order valence-corrected chi connectivity index (χ2v) is 5.02. The zero-order valence-corrected chi connectivity index (χ0v) is 12.6. The number of carboxylic acids is 1. The lowest BCUT2D eigenvalue weighted by Crippen LogP contribution is -1.96. The number of hydrogen-bond donors (Lipinski definition) is 1. The molecule has 3 nitrogen and oxygen atoms in total. The van der Waals surface area contributed by atoms with Crippen molar-refractivity contribution in [2.45, 2.75) is 6.61 Å². The molecule has 0 fully saturated rings. The Hall–Kier alpha value is -2.52. The van der Waals surface area contributed by atoms with Crippen LogP contribution < -0.4 is 4.74 Å². The van der Waals surface area contributed by atoms with E-state index in [9.17, 15) is 4.79 Å². The standard InChI is InChI=1S/C18H15ClO3/c1-2-14-11-17(9-5-15(14)6-10-18(20)21)22-12-13-3-7-16(19)8-4-13/h2-11H,1,12H2,(H,20,21)/b10-6+. The van der Waals surface area contributed by atoms with Crippen LogP contribution in [0.25, 0.3) is 12.2 Å². The summed E-state index contributed by atoms with van der Waals surface area (Å²) in [6, 6.07) is 12.9. The first-order valence-electron chi connectivity index (χ1n) is 6.63. The molecule has 0 saturated heterocycles. The highest BCUT2D eigenvalue weighted by atomic mass is 35.5. The quantitative estimate of drug-likeness (QED) is 0.789. The molecule has 0 amide bonds. The van der Waals surface area contributed by atoms with Gasteiger partial charge in [0.25, 0.3) is 0 Å². The van der Waals surface area contributed by atoms with Crippen LogP contribution in [0.2, 0.25) is 5.02 Å². The highest BCUT2D eigenvalue weighted by molar-refractivity contribution is 6.30. The molecule has 2 rings (SSSR count). The number of hydrogen-bond acceptors (Lipinski definition) is 2. The smallest absolute Gasteiger partial charge is 0.328 e. The molecule has 0 spiro atoms. The Morgan fingerprint density at radius 2 is 1.91 bits per heavy atom. The van der Waals surface area contributed by atoms with Gasteiger partial charge in [-0.2, -0.15) is 0 Å². The zero-order chi connectivity index (χ0) is 15.9. The highest BCUT2D eigenvalue weighted by Crippen LogP contribution is 2.21. The molecule has 4 heteroatoms. The van der Waals surface area contributed by atoms with Gasteiger partial charge in [-0.1, -0.05) is 42.5 Å². The van der Waals surface area contributed by atoms with E-state index in [0.717, 1.165) is 22.8 Å². The summed E-state index contributed by atoms with van der Waals surface area (Å²) >= 11 is 5.84. The molecular weight excluding hydrogens is 300 g/mol. The summed E-state index contributed by atoms with van der Waals surface area (Å²) in [7, 11) is 0. The minimum absolute atomic E-state index is 0.429. The Morgan fingerprint density at radius 3 is 2.55 bits per heavy atom. The van der Waals surface area contributed by atoms with Gasteiger partial charge in [0.2, 0.25) is 0 Å². The third-order valence-corrected chi connectivity index (χ3v) is 3.25. The lowest BCUT2D eigenvalue weighted by atomic mass is 10.1. The second-order valence-electron chi connectivity index (χ2n) is 4.58. The predicted molar refractivity (Wildman–Crippen MR) is 89.0 cm³/mol. The molecule has 0 aliphatic carbocycles. The number of carbonyl (C=O) groups is 1. The van der Waals surface area contributed by atoms with E-state index in [1.807, 2.05) is 30.3 Å². The molecule has 0 atom stereocenters. The van der Waals surface area contributed by atoms with Crippen LogP contribution in [0.1, 0.15) is 16.7 Å². The van der Waals surface area contributed by atoms with Gasteiger partial charge in [0.05, 0.1) is 0 Å². The molecule has 1 N–H and O–H groups in total. The summed E-state index contributed by atoms with van der Waals surface area (Å²) in [4.78, 5) is 10.6. The van der Waals surface area contributed by atoms with Crippen LogP contribution in [-0.4, -0.2) is 11.1 Å². The van der Waals surface area contributed by atoms with Crippen molar-refractivity contribution in [1.29, 1.82) is 0 Å². The number of ether oxygens (including phenoxy) is 1.